The summed E-state index contributed by atoms with van der Waals surface area (Å²) in [6.07, 6.45) is 1.72. The maximum Gasteiger partial charge on any atom is 0.330 e. The molecule has 0 radical (unpaired) electrons. The molecule has 1 rings (SSSR count). The molecule has 0 bridgehead atoms. The first-order valence-corrected chi connectivity index (χ1v) is 4.29. The lowest BCUT2D eigenvalue weighted by Crippen LogP contribution is -2.04. The van der Waals surface area contributed by atoms with Crippen LogP contribution in [-0.2, 0) is 16.0 Å². The monoisotopic (exact) mass is 192 g/mol. The third kappa shape index (κ3) is 3.31. The number of phenols is 1. The topological polar surface area (TPSA) is 46.5 Å². The molecule has 0 saturated carbocycles. The van der Waals surface area contributed by atoms with Gasteiger partial charge in [0.05, 0.1) is 6.61 Å². The first-order chi connectivity index (χ1) is 6.72. The lowest BCUT2D eigenvalue weighted by Gasteiger charge is -2.02. The Morgan fingerprint density at radius 3 is 3.00 bits per heavy atom. The minimum absolute atomic E-state index is 0.220. The van der Waals surface area contributed by atoms with Crippen LogP contribution >= 0.6 is 0 Å². The van der Waals surface area contributed by atoms with Gasteiger partial charge in [0, 0.05) is 12.5 Å². The molecule has 0 aromatic heterocycles. The molecular weight excluding hydrogens is 180 g/mol. The molecule has 1 N–H and O–H groups in total. The lowest BCUT2D eigenvalue weighted by atomic mass is 10.1. The highest BCUT2D eigenvalue weighted by atomic mass is 16.5. The zero-order valence-corrected chi connectivity index (χ0v) is 7.77. The molecule has 0 spiro atoms. The summed E-state index contributed by atoms with van der Waals surface area (Å²) in [4.78, 5) is 10.7. The van der Waals surface area contributed by atoms with Gasteiger partial charge in [0.25, 0.3) is 0 Å². The molecule has 0 aliphatic heterocycles. The molecule has 14 heavy (non-hydrogen) atoms. The van der Waals surface area contributed by atoms with Gasteiger partial charge < -0.3 is 9.84 Å². The van der Waals surface area contributed by atoms with Gasteiger partial charge in [0.1, 0.15) is 5.75 Å². The van der Waals surface area contributed by atoms with Crippen LogP contribution in [0.1, 0.15) is 5.56 Å². The highest BCUT2D eigenvalue weighted by Gasteiger charge is 1.97. The molecule has 0 heterocycles. The van der Waals surface area contributed by atoms with E-state index in [4.69, 9.17) is 9.84 Å². The standard InChI is InChI=1S/C11H12O3/c1-2-11(13)14-7-6-9-4-3-5-10(12)8-9/h2-5,8,12H,1,6-7H2. The maximum atomic E-state index is 10.7. The van der Waals surface area contributed by atoms with Crippen LogP contribution in [0.15, 0.2) is 36.9 Å². The van der Waals surface area contributed by atoms with Gasteiger partial charge in [0.2, 0.25) is 0 Å². The number of rotatable bonds is 4. The van der Waals surface area contributed by atoms with E-state index >= 15 is 0 Å². The summed E-state index contributed by atoms with van der Waals surface area (Å²) in [5.74, 6) is -0.206. The lowest BCUT2D eigenvalue weighted by molar-refractivity contribution is -0.137. The van der Waals surface area contributed by atoms with Gasteiger partial charge in [-0.25, -0.2) is 4.79 Å². The van der Waals surface area contributed by atoms with Gasteiger partial charge in [-0.2, -0.15) is 0 Å². The predicted octanol–water partition coefficient (Wildman–Crippen LogP) is 1.66. The van der Waals surface area contributed by atoms with E-state index in [9.17, 15) is 4.79 Å². The number of carbonyl (C=O) groups is 1. The van der Waals surface area contributed by atoms with Gasteiger partial charge in [-0.15, -0.1) is 0 Å². The average Bonchev–Trinajstić information content (AvgIpc) is 2.17. The summed E-state index contributed by atoms with van der Waals surface area (Å²) >= 11 is 0. The van der Waals surface area contributed by atoms with E-state index in [1.165, 1.54) is 0 Å². The second-order valence-corrected chi connectivity index (χ2v) is 2.79. The van der Waals surface area contributed by atoms with Crippen molar-refractivity contribution >= 4 is 5.97 Å². The number of esters is 1. The summed E-state index contributed by atoms with van der Waals surface area (Å²) in [5.41, 5.74) is 0.932. The smallest absolute Gasteiger partial charge is 0.330 e. The van der Waals surface area contributed by atoms with Crippen LogP contribution in [0.5, 0.6) is 5.75 Å². The number of aromatic hydroxyl groups is 1. The summed E-state index contributed by atoms with van der Waals surface area (Å²) in [7, 11) is 0. The molecular formula is C11H12O3. The van der Waals surface area contributed by atoms with Crippen LogP contribution in [0.4, 0.5) is 0 Å². The van der Waals surface area contributed by atoms with E-state index in [0.717, 1.165) is 11.6 Å². The minimum Gasteiger partial charge on any atom is -0.508 e. The molecule has 0 aliphatic carbocycles. The van der Waals surface area contributed by atoms with Crippen molar-refractivity contribution < 1.29 is 14.6 Å². The van der Waals surface area contributed by atoms with E-state index in [-0.39, 0.29) is 5.75 Å². The zero-order chi connectivity index (χ0) is 10.4. The van der Waals surface area contributed by atoms with E-state index < -0.39 is 5.97 Å². The van der Waals surface area contributed by atoms with Gasteiger partial charge in [-0.1, -0.05) is 18.7 Å². The normalized spacial score (nSPS) is 9.43. The van der Waals surface area contributed by atoms with Crippen molar-refractivity contribution in [2.24, 2.45) is 0 Å². The third-order valence-corrected chi connectivity index (χ3v) is 1.71. The Kier molecular flexibility index (Phi) is 3.73. The number of phenolic OH excluding ortho intramolecular Hbond substituents is 1. The molecule has 1 aromatic rings. The Morgan fingerprint density at radius 1 is 1.57 bits per heavy atom. The molecule has 3 heteroatoms. The zero-order valence-electron chi connectivity index (χ0n) is 7.77. The third-order valence-electron chi connectivity index (χ3n) is 1.71. The highest BCUT2D eigenvalue weighted by molar-refractivity contribution is 5.81. The molecule has 0 amide bonds. The van der Waals surface area contributed by atoms with Crippen molar-refractivity contribution in [2.45, 2.75) is 6.42 Å². The quantitative estimate of drug-likeness (QED) is 0.583. The Labute approximate surface area is 82.6 Å². The molecule has 3 nitrogen and oxygen atoms in total. The Morgan fingerprint density at radius 2 is 2.36 bits per heavy atom. The minimum atomic E-state index is -0.426. The number of benzene rings is 1. The summed E-state index contributed by atoms with van der Waals surface area (Å²) in [6.45, 7) is 3.59. The number of carbonyl (C=O) groups excluding carboxylic acids is 1. The van der Waals surface area contributed by atoms with Crippen LogP contribution in [-0.4, -0.2) is 17.7 Å². The predicted molar refractivity (Wildman–Crippen MR) is 53.0 cm³/mol. The van der Waals surface area contributed by atoms with Crippen molar-refractivity contribution in [3.8, 4) is 5.75 Å². The fourth-order valence-electron chi connectivity index (χ4n) is 1.04. The molecule has 1 aromatic carbocycles. The Bertz CT molecular complexity index is 331. The van der Waals surface area contributed by atoms with Crippen LogP contribution in [0.2, 0.25) is 0 Å². The van der Waals surface area contributed by atoms with E-state index in [1.807, 2.05) is 6.07 Å². The van der Waals surface area contributed by atoms with Gasteiger partial charge >= 0.3 is 5.97 Å². The van der Waals surface area contributed by atoms with Crippen LogP contribution in [0, 0.1) is 0 Å². The fourth-order valence-corrected chi connectivity index (χ4v) is 1.04. The fraction of sp³-hybridized carbons (Fsp3) is 0.182. The molecule has 0 fully saturated rings. The van der Waals surface area contributed by atoms with Gasteiger partial charge in [-0.05, 0) is 17.7 Å². The van der Waals surface area contributed by atoms with Crippen molar-refractivity contribution in [1.29, 1.82) is 0 Å². The Hall–Kier alpha value is -1.77. The van der Waals surface area contributed by atoms with E-state index in [0.29, 0.717) is 13.0 Å². The average molecular weight is 192 g/mol. The van der Waals surface area contributed by atoms with Crippen molar-refractivity contribution in [3.05, 3.63) is 42.5 Å². The SMILES string of the molecule is C=CC(=O)OCCc1cccc(O)c1. The second kappa shape index (κ2) is 5.07. The summed E-state index contributed by atoms with van der Waals surface area (Å²) in [6, 6.07) is 6.85. The van der Waals surface area contributed by atoms with Crippen LogP contribution in [0.25, 0.3) is 0 Å². The number of hydrogen-bond acceptors (Lipinski definition) is 3. The number of hydrogen-bond donors (Lipinski definition) is 1. The molecule has 0 atom stereocenters. The van der Waals surface area contributed by atoms with Gasteiger partial charge in [0.15, 0.2) is 0 Å². The van der Waals surface area contributed by atoms with Gasteiger partial charge in [-0.3, -0.25) is 0 Å². The van der Waals surface area contributed by atoms with Crippen molar-refractivity contribution in [2.75, 3.05) is 6.61 Å². The molecule has 0 aliphatic rings. The maximum absolute atomic E-state index is 10.7. The second-order valence-electron chi connectivity index (χ2n) is 2.79. The Balaban J connectivity index is 2.38. The van der Waals surface area contributed by atoms with Crippen molar-refractivity contribution in [3.63, 3.8) is 0 Å². The van der Waals surface area contributed by atoms with Crippen molar-refractivity contribution in [1.82, 2.24) is 0 Å². The first-order valence-electron chi connectivity index (χ1n) is 4.29. The van der Waals surface area contributed by atoms with Crippen LogP contribution in [0.3, 0.4) is 0 Å². The molecule has 74 valence electrons. The summed E-state index contributed by atoms with van der Waals surface area (Å²) in [5, 5.41) is 9.14. The van der Waals surface area contributed by atoms with E-state index in [1.54, 1.807) is 18.2 Å². The largest absolute Gasteiger partial charge is 0.508 e. The number of ether oxygens (including phenoxy) is 1. The molecule has 0 unspecified atom stereocenters. The highest BCUT2D eigenvalue weighted by Crippen LogP contribution is 2.11. The summed E-state index contributed by atoms with van der Waals surface area (Å²) < 4.78 is 4.80. The van der Waals surface area contributed by atoms with Crippen LogP contribution < -0.4 is 0 Å². The molecule has 0 saturated heterocycles. The van der Waals surface area contributed by atoms with E-state index in [2.05, 4.69) is 6.58 Å². The first kappa shape index (κ1) is 10.3.